The fourth-order valence-corrected chi connectivity index (χ4v) is 3.10. The second-order valence-corrected chi connectivity index (χ2v) is 5.11. The molecule has 0 N–H and O–H groups in total. The summed E-state index contributed by atoms with van der Waals surface area (Å²) in [6.45, 7) is 4.31. The summed E-state index contributed by atoms with van der Waals surface area (Å²) in [6.07, 6.45) is 1.78. The average molecular weight is 236 g/mol. The van der Waals surface area contributed by atoms with Gasteiger partial charge in [-0.1, -0.05) is 0 Å². The van der Waals surface area contributed by atoms with Gasteiger partial charge in [-0.15, -0.1) is 0 Å². The molecule has 80 valence electrons. The van der Waals surface area contributed by atoms with Gasteiger partial charge in [-0.3, -0.25) is 4.57 Å². The molecule has 0 saturated heterocycles. The molecule has 0 radical (unpaired) electrons. The molecule has 0 aliphatic carbocycles. The van der Waals surface area contributed by atoms with Crippen molar-refractivity contribution in [1.82, 2.24) is 8.75 Å². The molecule has 0 fully saturated rings. The SMILES string of the molecule is CCOP(=O)(Cc1cnsn1)OCC. The highest BCUT2D eigenvalue weighted by molar-refractivity contribution is 7.53. The van der Waals surface area contributed by atoms with Gasteiger partial charge < -0.3 is 9.05 Å². The van der Waals surface area contributed by atoms with Crippen LogP contribution in [0.4, 0.5) is 0 Å². The van der Waals surface area contributed by atoms with Gasteiger partial charge in [-0.05, 0) is 13.8 Å². The molecule has 0 bridgehead atoms. The normalized spacial score (nSPS) is 11.9. The lowest BCUT2D eigenvalue weighted by molar-refractivity contribution is 0.219. The van der Waals surface area contributed by atoms with Gasteiger partial charge in [-0.2, -0.15) is 8.75 Å². The van der Waals surface area contributed by atoms with E-state index < -0.39 is 7.60 Å². The molecule has 0 saturated carbocycles. The van der Waals surface area contributed by atoms with Crippen LogP contribution in [0.1, 0.15) is 19.5 Å². The van der Waals surface area contributed by atoms with Crippen molar-refractivity contribution in [3.8, 4) is 0 Å². The van der Waals surface area contributed by atoms with E-state index in [0.717, 1.165) is 11.7 Å². The van der Waals surface area contributed by atoms with Gasteiger partial charge in [0.15, 0.2) is 0 Å². The predicted molar refractivity (Wildman–Crippen MR) is 54.5 cm³/mol. The van der Waals surface area contributed by atoms with Crippen molar-refractivity contribution >= 4 is 19.3 Å². The van der Waals surface area contributed by atoms with E-state index in [-0.39, 0.29) is 6.16 Å². The van der Waals surface area contributed by atoms with E-state index in [9.17, 15) is 4.57 Å². The maximum atomic E-state index is 12.0. The highest BCUT2D eigenvalue weighted by Crippen LogP contribution is 2.50. The Morgan fingerprint density at radius 2 is 2.07 bits per heavy atom. The Morgan fingerprint density at radius 3 is 2.50 bits per heavy atom. The molecule has 0 aliphatic rings. The van der Waals surface area contributed by atoms with Crippen LogP contribution < -0.4 is 0 Å². The third kappa shape index (κ3) is 3.46. The Balaban J connectivity index is 2.64. The summed E-state index contributed by atoms with van der Waals surface area (Å²) in [5.41, 5.74) is 0.653. The van der Waals surface area contributed by atoms with Crippen molar-refractivity contribution < 1.29 is 13.6 Å². The lowest BCUT2D eigenvalue weighted by Gasteiger charge is -2.15. The van der Waals surface area contributed by atoms with Crippen LogP contribution >= 0.6 is 19.3 Å². The number of rotatable bonds is 6. The molecule has 14 heavy (non-hydrogen) atoms. The molecule has 0 aliphatic heterocycles. The third-order valence-corrected chi connectivity index (χ3v) is 3.94. The molecule has 1 aromatic rings. The molecule has 0 atom stereocenters. The van der Waals surface area contributed by atoms with Crippen LogP contribution in [-0.4, -0.2) is 22.0 Å². The van der Waals surface area contributed by atoms with Crippen LogP contribution in [0.3, 0.4) is 0 Å². The van der Waals surface area contributed by atoms with Gasteiger partial charge in [-0.25, -0.2) is 0 Å². The highest BCUT2D eigenvalue weighted by Gasteiger charge is 2.25. The summed E-state index contributed by atoms with van der Waals surface area (Å²) >= 11 is 1.08. The van der Waals surface area contributed by atoms with Crippen molar-refractivity contribution in [2.45, 2.75) is 20.0 Å². The van der Waals surface area contributed by atoms with Crippen LogP contribution in [0.15, 0.2) is 6.20 Å². The first-order chi connectivity index (χ1) is 6.70. The Bertz CT molecular complexity index is 294. The van der Waals surface area contributed by atoms with Crippen LogP contribution in [0.5, 0.6) is 0 Å². The van der Waals surface area contributed by atoms with Crippen molar-refractivity contribution in [3.05, 3.63) is 11.9 Å². The first-order valence-electron chi connectivity index (χ1n) is 4.34. The molecule has 1 rings (SSSR count). The molecule has 1 heterocycles. The molecule has 1 aromatic heterocycles. The second kappa shape index (κ2) is 5.56. The molecule has 5 nitrogen and oxygen atoms in total. The first kappa shape index (κ1) is 11.8. The zero-order chi connectivity index (χ0) is 10.4. The topological polar surface area (TPSA) is 61.3 Å². The largest absolute Gasteiger partial charge is 0.336 e. The summed E-state index contributed by atoms with van der Waals surface area (Å²) in [5.74, 6) is 0. The monoisotopic (exact) mass is 236 g/mol. The van der Waals surface area contributed by atoms with E-state index in [1.165, 1.54) is 0 Å². The Hall–Kier alpha value is -0.290. The quantitative estimate of drug-likeness (QED) is 0.709. The summed E-state index contributed by atoms with van der Waals surface area (Å²) in [5, 5.41) is 0. The van der Waals surface area contributed by atoms with Crippen LogP contribution in [0.25, 0.3) is 0 Å². The Morgan fingerprint density at radius 1 is 1.43 bits per heavy atom. The minimum absolute atomic E-state index is 0.200. The van der Waals surface area contributed by atoms with Gasteiger partial charge in [0, 0.05) is 0 Å². The van der Waals surface area contributed by atoms with Gasteiger partial charge in [0.25, 0.3) is 0 Å². The van der Waals surface area contributed by atoms with Crippen LogP contribution in [0.2, 0.25) is 0 Å². The van der Waals surface area contributed by atoms with Crippen LogP contribution in [0, 0.1) is 0 Å². The maximum Gasteiger partial charge on any atom is 0.336 e. The number of aromatic nitrogens is 2. The Kier molecular flexibility index (Phi) is 4.68. The fourth-order valence-electron chi connectivity index (χ4n) is 0.974. The summed E-state index contributed by atoms with van der Waals surface area (Å²) in [7, 11) is -3.00. The Labute approximate surface area is 87.3 Å². The lowest BCUT2D eigenvalue weighted by atomic mass is 10.6. The van der Waals surface area contributed by atoms with Crippen molar-refractivity contribution in [2.24, 2.45) is 0 Å². The smallest absolute Gasteiger partial charge is 0.309 e. The van der Waals surface area contributed by atoms with Crippen molar-refractivity contribution in [3.63, 3.8) is 0 Å². The van der Waals surface area contributed by atoms with E-state index in [1.807, 2.05) is 0 Å². The van der Waals surface area contributed by atoms with E-state index in [4.69, 9.17) is 9.05 Å². The minimum Gasteiger partial charge on any atom is -0.309 e. The predicted octanol–water partition coefficient (Wildman–Crippen LogP) is 2.30. The fraction of sp³-hybridized carbons (Fsp3) is 0.714. The van der Waals surface area contributed by atoms with Gasteiger partial charge in [0.05, 0.1) is 43.0 Å². The molecule has 0 spiro atoms. The first-order valence-corrected chi connectivity index (χ1v) is 6.80. The number of hydrogen-bond donors (Lipinski definition) is 0. The number of hydrogen-bond acceptors (Lipinski definition) is 6. The van der Waals surface area contributed by atoms with Gasteiger partial charge in [0.1, 0.15) is 0 Å². The lowest BCUT2D eigenvalue weighted by Crippen LogP contribution is -1.99. The van der Waals surface area contributed by atoms with Crippen molar-refractivity contribution in [1.29, 1.82) is 0 Å². The van der Waals surface area contributed by atoms with E-state index in [2.05, 4.69) is 8.75 Å². The highest BCUT2D eigenvalue weighted by atomic mass is 32.1. The molecule has 0 amide bonds. The van der Waals surface area contributed by atoms with Gasteiger partial charge >= 0.3 is 7.60 Å². The average Bonchev–Trinajstić information content (AvgIpc) is 2.57. The zero-order valence-electron chi connectivity index (χ0n) is 8.17. The summed E-state index contributed by atoms with van der Waals surface area (Å²) in [4.78, 5) is 0. The second-order valence-electron chi connectivity index (χ2n) is 2.50. The van der Waals surface area contributed by atoms with Crippen molar-refractivity contribution in [2.75, 3.05) is 13.2 Å². The number of nitrogens with zero attached hydrogens (tertiary/aromatic N) is 2. The summed E-state index contributed by atoms with van der Waals surface area (Å²) in [6, 6.07) is 0. The summed E-state index contributed by atoms with van der Waals surface area (Å²) < 4.78 is 30.0. The van der Waals surface area contributed by atoms with E-state index >= 15 is 0 Å². The van der Waals surface area contributed by atoms with E-state index in [1.54, 1.807) is 20.0 Å². The molecular weight excluding hydrogens is 223 g/mol. The molecule has 0 unspecified atom stereocenters. The molecule has 7 heteroatoms. The molecule has 0 aromatic carbocycles. The maximum absolute atomic E-state index is 12.0. The van der Waals surface area contributed by atoms with E-state index in [0.29, 0.717) is 18.9 Å². The van der Waals surface area contributed by atoms with Crippen LogP contribution in [-0.2, 0) is 19.8 Å². The minimum atomic E-state index is -3.00. The van der Waals surface area contributed by atoms with Gasteiger partial charge in [0.2, 0.25) is 0 Å². The third-order valence-electron chi connectivity index (χ3n) is 1.41. The standard InChI is InChI=1S/C7H13N2O3PS/c1-3-11-13(10,12-4-2)6-7-5-8-14-9-7/h5H,3-4,6H2,1-2H3. The zero-order valence-corrected chi connectivity index (χ0v) is 9.88. The molecular formula is C7H13N2O3PS.